The topological polar surface area (TPSA) is 237 Å². The molecular weight excluding hydrogens is 981 g/mol. The number of carbonyl (C=O) groups excluding carboxylic acids is 2. The van der Waals surface area contributed by atoms with Gasteiger partial charge in [-0.05, 0) is 114 Å². The molecular formula is C56H73N14O7+3. The lowest BCUT2D eigenvalue weighted by Crippen LogP contribution is -3.11. The molecule has 0 radical (unpaired) electrons. The van der Waals surface area contributed by atoms with E-state index in [9.17, 15) is 35.1 Å². The summed E-state index contributed by atoms with van der Waals surface area (Å²) >= 11 is 0. The summed E-state index contributed by atoms with van der Waals surface area (Å²) in [6.07, 6.45) is 9.08. The van der Waals surface area contributed by atoms with Gasteiger partial charge in [-0.3, -0.25) is 14.5 Å². The number of phenolic OH excluding ortho intramolecular Hbond substituents is 1. The van der Waals surface area contributed by atoms with Gasteiger partial charge in [0.1, 0.15) is 29.5 Å². The standard InChI is InChI=1S/C56H70N14O7/c1-63(25-5-27-69-31-29-65(3)55(69)61-59-47-13-11-44(12-14-47)57-45-15-20-49(21-16-45)67(33-37-71)34-38-72)53(76)42-7-9-43(10-8-42)54(77)64(2)26-6-28-70-32-30-66(4)56(70)62-60-51-24-19-48(41-52(51)75)58-46-17-22-50(23-18-46)68(35-39-73)36-40-74/h7-24,29-32,41,55,71-74H,5-6,25-28,33-40H2,1-4H3,(H2,57,58,61,75)/p+3. The molecule has 9 N–H and O–H groups in total. The molecule has 7 rings (SSSR count). The number of hydrogen-bond donors (Lipinski definition) is 9. The van der Waals surface area contributed by atoms with Crippen molar-refractivity contribution in [3.8, 4) is 5.75 Å². The molecule has 2 aliphatic heterocycles. The first-order valence-electron chi connectivity index (χ1n) is 25.8. The number of aliphatic hydroxyl groups excluding tert-OH is 4. The van der Waals surface area contributed by atoms with Crippen LogP contribution in [-0.2, 0) is 0 Å². The zero-order chi connectivity index (χ0) is 54.7. The molecule has 3 unspecified atom stereocenters. The van der Waals surface area contributed by atoms with Gasteiger partial charge in [0, 0.05) is 125 Å². The number of rotatable bonds is 27. The summed E-state index contributed by atoms with van der Waals surface area (Å²) in [5.41, 5.74) is 7.09. The third-order valence-electron chi connectivity index (χ3n) is 13.2. The smallest absolute Gasteiger partial charge is 0.505 e. The highest BCUT2D eigenvalue weighted by Gasteiger charge is 2.31. The van der Waals surface area contributed by atoms with Crippen LogP contribution in [0.15, 0.2) is 161 Å². The van der Waals surface area contributed by atoms with Crippen LogP contribution in [0.25, 0.3) is 0 Å². The number of nitrogens with one attached hydrogen (secondary N) is 4. The molecule has 0 spiro atoms. The van der Waals surface area contributed by atoms with Crippen LogP contribution >= 0.6 is 0 Å². The van der Waals surface area contributed by atoms with Gasteiger partial charge in [-0.15, -0.1) is 10.2 Å². The summed E-state index contributed by atoms with van der Waals surface area (Å²) < 4.78 is 1.86. The summed E-state index contributed by atoms with van der Waals surface area (Å²) in [6.45, 7) is 4.11. The van der Waals surface area contributed by atoms with E-state index in [-0.39, 0.29) is 50.3 Å². The molecule has 0 saturated carbocycles. The van der Waals surface area contributed by atoms with Crippen molar-refractivity contribution in [2.24, 2.45) is 20.5 Å². The maximum absolute atomic E-state index is 13.5. The van der Waals surface area contributed by atoms with Gasteiger partial charge >= 0.3 is 5.96 Å². The van der Waals surface area contributed by atoms with Crippen molar-refractivity contribution in [2.45, 2.75) is 19.1 Å². The summed E-state index contributed by atoms with van der Waals surface area (Å²) in [5, 5.41) is 73.0. The lowest BCUT2D eigenvalue weighted by atomic mass is 10.1. The first kappa shape index (κ1) is 56.7. The Morgan fingerprint density at radius 3 is 1.60 bits per heavy atom. The van der Waals surface area contributed by atoms with E-state index >= 15 is 0 Å². The summed E-state index contributed by atoms with van der Waals surface area (Å²) in [7, 11) is 7.39. The lowest BCUT2D eigenvalue weighted by molar-refractivity contribution is -0.877. The van der Waals surface area contributed by atoms with Crippen LogP contribution in [0.5, 0.6) is 5.75 Å². The van der Waals surface area contributed by atoms with Crippen LogP contribution in [0.1, 0.15) is 33.6 Å². The van der Waals surface area contributed by atoms with E-state index in [1.165, 1.54) is 0 Å². The van der Waals surface area contributed by atoms with Gasteiger partial charge in [-0.2, -0.15) is 9.48 Å². The molecule has 21 heteroatoms. The Labute approximate surface area is 449 Å². The second kappa shape index (κ2) is 28.2. The maximum Gasteiger partial charge on any atom is 0.524 e. The van der Waals surface area contributed by atoms with Gasteiger partial charge in [-0.25, -0.2) is 0 Å². The molecule has 21 nitrogen and oxygen atoms in total. The van der Waals surface area contributed by atoms with Crippen LogP contribution in [-0.4, -0.2) is 176 Å². The van der Waals surface area contributed by atoms with Crippen LogP contribution in [0.3, 0.4) is 0 Å². The van der Waals surface area contributed by atoms with Gasteiger partial charge in [0.25, 0.3) is 18.1 Å². The van der Waals surface area contributed by atoms with Crippen molar-refractivity contribution in [3.05, 3.63) is 151 Å². The van der Waals surface area contributed by atoms with Crippen LogP contribution in [0, 0.1) is 0 Å². The fourth-order valence-electron chi connectivity index (χ4n) is 8.93. The third kappa shape index (κ3) is 15.8. The molecule has 2 amide bonds. The van der Waals surface area contributed by atoms with Gasteiger partial charge in [0.15, 0.2) is 5.69 Å². The molecule has 0 fully saturated rings. The van der Waals surface area contributed by atoms with Crippen molar-refractivity contribution in [1.82, 2.24) is 14.7 Å². The normalized spacial score (nSPS) is 16.0. The number of nitrogens with zero attached hydrogens (tertiary/aromatic N) is 10. The van der Waals surface area contributed by atoms with Crippen LogP contribution < -0.4 is 30.2 Å². The Bertz CT molecular complexity index is 2850. The maximum atomic E-state index is 13.5. The minimum atomic E-state index is -0.247. The van der Waals surface area contributed by atoms with Crippen LogP contribution in [0.2, 0.25) is 0 Å². The number of anilines is 6. The van der Waals surface area contributed by atoms with E-state index < -0.39 is 0 Å². The van der Waals surface area contributed by atoms with Gasteiger partial charge in [0.05, 0.1) is 58.5 Å². The number of carbonyl (C=O) groups is 2. The number of azo groups is 2. The van der Waals surface area contributed by atoms with Crippen LogP contribution in [0.4, 0.5) is 45.5 Å². The number of quaternary nitrogens is 2. The summed E-state index contributed by atoms with van der Waals surface area (Å²) in [6, 6.07) is 35.0. The Morgan fingerprint density at radius 1 is 0.610 bits per heavy atom. The number of hydrogen-bond acceptors (Lipinski definition) is 16. The number of benzene rings is 5. The van der Waals surface area contributed by atoms with Crippen molar-refractivity contribution in [3.63, 3.8) is 0 Å². The molecule has 0 saturated heterocycles. The van der Waals surface area contributed by atoms with E-state index in [4.69, 9.17) is 0 Å². The number of guanidine groups is 1. The Hall–Kier alpha value is -8.05. The second-order valence-corrected chi connectivity index (χ2v) is 18.8. The predicted octanol–water partition coefficient (Wildman–Crippen LogP) is 3.91. The highest BCUT2D eigenvalue weighted by molar-refractivity contribution is 5.97. The van der Waals surface area contributed by atoms with Crippen molar-refractivity contribution in [2.75, 3.05) is 127 Å². The second-order valence-electron chi connectivity index (χ2n) is 18.8. The molecule has 2 aliphatic rings. The largest absolute Gasteiger partial charge is 0.524 e. The molecule has 5 aromatic carbocycles. The van der Waals surface area contributed by atoms with Gasteiger partial charge in [0.2, 0.25) is 0 Å². The van der Waals surface area contributed by atoms with E-state index in [0.717, 1.165) is 56.9 Å². The summed E-state index contributed by atoms with van der Waals surface area (Å²) in [4.78, 5) is 38.2. The zero-order valence-electron chi connectivity index (χ0n) is 44.3. The Balaban J connectivity index is 0.819. The SMILES string of the molecule is CN(CCC[NH+]1C=C[N+](C)=C1N=Nc1ccc(Nc2ccc(N(CCO)CCO)cc2)cc1O)C(=O)c1ccc(C(=O)N(C)CCC[NH+]2C=CN(C)C2N=Nc2ccc(Nc3ccc(N(CCO)CCO)cc3)cc2)cc1. The van der Waals surface area contributed by atoms with Crippen molar-refractivity contribution in [1.29, 1.82) is 0 Å². The first-order valence-corrected chi connectivity index (χ1v) is 25.8. The third-order valence-corrected chi connectivity index (χ3v) is 13.2. The minimum Gasteiger partial charge on any atom is -0.505 e. The van der Waals surface area contributed by atoms with E-state index in [1.807, 2.05) is 125 Å². The van der Waals surface area contributed by atoms with Crippen molar-refractivity contribution < 1.29 is 49.5 Å². The minimum absolute atomic E-state index is 0.00870. The van der Waals surface area contributed by atoms with E-state index in [2.05, 4.69) is 37.3 Å². The number of amides is 2. The molecule has 406 valence electrons. The highest BCUT2D eigenvalue weighted by atomic mass is 16.3. The zero-order valence-corrected chi connectivity index (χ0v) is 44.3. The molecule has 3 atom stereocenters. The average molecular weight is 1050 g/mol. The summed E-state index contributed by atoms with van der Waals surface area (Å²) in [5.74, 6) is 0.332. The lowest BCUT2D eigenvalue weighted by Gasteiger charge is -2.23. The molecule has 2 heterocycles. The van der Waals surface area contributed by atoms with Gasteiger partial charge < -0.3 is 60.7 Å². The molecule has 77 heavy (non-hydrogen) atoms. The number of phenols is 1. The van der Waals surface area contributed by atoms with Crippen molar-refractivity contribution >= 4 is 63.3 Å². The first-order chi connectivity index (χ1) is 37.4. The predicted molar refractivity (Wildman–Crippen MR) is 298 cm³/mol. The highest BCUT2D eigenvalue weighted by Crippen LogP contribution is 2.32. The monoisotopic (exact) mass is 1050 g/mol. The van der Waals surface area contributed by atoms with E-state index in [0.29, 0.717) is 80.7 Å². The quantitative estimate of drug-likeness (QED) is 0.0269. The number of aliphatic hydroxyl groups is 4. The Kier molecular flexibility index (Phi) is 20.7. The average Bonchev–Trinajstić information content (AvgIpc) is 3.98. The molecule has 0 aromatic heterocycles. The fourth-order valence-corrected chi connectivity index (χ4v) is 8.93. The molecule has 5 aromatic rings. The van der Waals surface area contributed by atoms with Gasteiger partial charge in [-0.1, -0.05) is 0 Å². The Morgan fingerprint density at radius 2 is 1.09 bits per heavy atom. The molecule has 0 aliphatic carbocycles. The molecule has 0 bridgehead atoms. The van der Waals surface area contributed by atoms with E-state index in [1.54, 1.807) is 66.4 Å². The fraction of sp³-hybridized carbons (Fsp3) is 0.339. The number of aromatic hydroxyl groups is 1.